The SMILES string of the molecule is CCCC(=O)C12CCC(C(C)C)(CC1)CC2. The van der Waals surface area contributed by atoms with Crippen LogP contribution in [0.2, 0.25) is 0 Å². The molecule has 0 N–H and O–H groups in total. The van der Waals surface area contributed by atoms with E-state index in [1.165, 1.54) is 38.5 Å². The molecule has 0 aromatic rings. The van der Waals surface area contributed by atoms with Crippen LogP contribution in [0, 0.1) is 16.7 Å². The highest BCUT2D eigenvalue weighted by Gasteiger charge is 2.52. The highest BCUT2D eigenvalue weighted by Crippen LogP contribution is 2.60. The molecule has 0 saturated heterocycles. The Balaban J connectivity index is 2.08. The van der Waals surface area contributed by atoms with E-state index in [2.05, 4.69) is 20.8 Å². The van der Waals surface area contributed by atoms with E-state index < -0.39 is 0 Å². The van der Waals surface area contributed by atoms with Gasteiger partial charge in [0.25, 0.3) is 0 Å². The number of hydrogen-bond donors (Lipinski definition) is 0. The predicted molar refractivity (Wildman–Crippen MR) is 67.3 cm³/mol. The molecule has 0 aromatic carbocycles. The molecule has 0 atom stereocenters. The number of carbonyl (C=O) groups excluding carboxylic acids is 1. The van der Waals surface area contributed by atoms with Crippen LogP contribution < -0.4 is 0 Å². The van der Waals surface area contributed by atoms with Gasteiger partial charge in [-0.3, -0.25) is 4.79 Å². The van der Waals surface area contributed by atoms with Crippen molar-refractivity contribution in [1.82, 2.24) is 0 Å². The van der Waals surface area contributed by atoms with E-state index in [0.717, 1.165) is 18.8 Å². The third-order valence-electron chi connectivity index (χ3n) is 5.60. The monoisotopic (exact) mass is 222 g/mol. The van der Waals surface area contributed by atoms with E-state index in [-0.39, 0.29) is 5.41 Å². The zero-order valence-electron chi connectivity index (χ0n) is 11.1. The Labute approximate surface area is 100.0 Å². The average molecular weight is 222 g/mol. The molecule has 1 heteroatoms. The predicted octanol–water partition coefficient (Wildman–Crippen LogP) is 4.35. The van der Waals surface area contributed by atoms with Gasteiger partial charge in [0.2, 0.25) is 0 Å². The van der Waals surface area contributed by atoms with Crippen molar-refractivity contribution in [2.75, 3.05) is 0 Å². The standard InChI is InChI=1S/C15H26O/c1-4-5-13(16)15-9-6-14(7-10-15,8-11-15)12(2)3/h12H,4-11H2,1-3H3. The second-order valence-electron chi connectivity index (χ2n) is 6.47. The number of hydrogen-bond acceptors (Lipinski definition) is 1. The van der Waals surface area contributed by atoms with Crippen molar-refractivity contribution in [2.45, 2.75) is 72.1 Å². The molecule has 0 unspecified atom stereocenters. The first-order chi connectivity index (χ1) is 7.55. The van der Waals surface area contributed by atoms with Crippen LogP contribution in [0.4, 0.5) is 0 Å². The van der Waals surface area contributed by atoms with Gasteiger partial charge in [-0.05, 0) is 56.3 Å². The van der Waals surface area contributed by atoms with Crippen molar-refractivity contribution in [1.29, 1.82) is 0 Å². The van der Waals surface area contributed by atoms with Crippen LogP contribution in [0.15, 0.2) is 0 Å². The van der Waals surface area contributed by atoms with Gasteiger partial charge in [-0.25, -0.2) is 0 Å². The molecule has 3 aliphatic carbocycles. The first-order valence-electron chi connectivity index (χ1n) is 7.08. The number of ketones is 1. The maximum absolute atomic E-state index is 12.2. The van der Waals surface area contributed by atoms with Gasteiger partial charge in [-0.1, -0.05) is 20.8 Å². The summed E-state index contributed by atoms with van der Waals surface area (Å²) in [5.74, 6) is 1.37. The maximum Gasteiger partial charge on any atom is 0.139 e. The number of Topliss-reactive ketones (excluding diaryl/α,β-unsaturated/α-hetero) is 1. The van der Waals surface area contributed by atoms with Crippen LogP contribution in [-0.4, -0.2) is 5.78 Å². The second-order valence-corrected chi connectivity index (χ2v) is 6.47. The normalized spacial score (nSPS) is 38.0. The summed E-state index contributed by atoms with van der Waals surface area (Å²) in [6.45, 7) is 6.86. The third kappa shape index (κ3) is 1.72. The molecule has 16 heavy (non-hydrogen) atoms. The van der Waals surface area contributed by atoms with Crippen LogP contribution in [0.5, 0.6) is 0 Å². The van der Waals surface area contributed by atoms with Crippen molar-refractivity contribution in [3.05, 3.63) is 0 Å². The zero-order valence-corrected chi connectivity index (χ0v) is 11.1. The van der Waals surface area contributed by atoms with Crippen LogP contribution in [0.25, 0.3) is 0 Å². The fraction of sp³-hybridized carbons (Fsp3) is 0.933. The van der Waals surface area contributed by atoms with Crippen molar-refractivity contribution in [3.63, 3.8) is 0 Å². The summed E-state index contributed by atoms with van der Waals surface area (Å²) in [7, 11) is 0. The molecule has 2 bridgehead atoms. The summed E-state index contributed by atoms with van der Waals surface area (Å²) in [4.78, 5) is 12.2. The summed E-state index contributed by atoms with van der Waals surface area (Å²) < 4.78 is 0. The summed E-state index contributed by atoms with van der Waals surface area (Å²) in [5.41, 5.74) is 0.709. The molecule has 0 radical (unpaired) electrons. The van der Waals surface area contributed by atoms with Crippen molar-refractivity contribution < 1.29 is 4.79 Å². The molecular formula is C15H26O. The fourth-order valence-electron chi connectivity index (χ4n) is 3.99. The fourth-order valence-corrected chi connectivity index (χ4v) is 3.99. The zero-order chi connectivity index (χ0) is 11.8. The lowest BCUT2D eigenvalue weighted by Gasteiger charge is -2.54. The van der Waals surface area contributed by atoms with Gasteiger partial charge in [0.1, 0.15) is 5.78 Å². The van der Waals surface area contributed by atoms with Gasteiger partial charge in [0.15, 0.2) is 0 Å². The van der Waals surface area contributed by atoms with E-state index in [1.807, 2.05) is 0 Å². The lowest BCUT2D eigenvalue weighted by Crippen LogP contribution is -2.47. The molecule has 3 fully saturated rings. The molecule has 0 amide bonds. The number of carbonyl (C=O) groups is 1. The summed E-state index contributed by atoms with van der Waals surface area (Å²) in [5, 5.41) is 0. The molecule has 3 aliphatic rings. The van der Waals surface area contributed by atoms with Crippen LogP contribution >= 0.6 is 0 Å². The van der Waals surface area contributed by atoms with Gasteiger partial charge in [-0.15, -0.1) is 0 Å². The molecule has 0 aromatic heterocycles. The van der Waals surface area contributed by atoms with Gasteiger partial charge in [0, 0.05) is 11.8 Å². The lowest BCUT2D eigenvalue weighted by molar-refractivity contribution is -0.140. The molecule has 0 heterocycles. The van der Waals surface area contributed by atoms with Crippen molar-refractivity contribution in [2.24, 2.45) is 16.7 Å². The number of rotatable bonds is 4. The molecule has 92 valence electrons. The minimum atomic E-state index is 0.118. The summed E-state index contributed by atoms with van der Waals surface area (Å²) in [6, 6.07) is 0. The molecule has 0 aliphatic heterocycles. The molecular weight excluding hydrogens is 196 g/mol. The Morgan fingerprint density at radius 1 is 1.06 bits per heavy atom. The number of fused-ring (bicyclic) bond motifs is 3. The first kappa shape index (κ1) is 12.1. The van der Waals surface area contributed by atoms with Gasteiger partial charge < -0.3 is 0 Å². The largest absolute Gasteiger partial charge is 0.299 e. The molecule has 1 nitrogen and oxygen atoms in total. The smallest absolute Gasteiger partial charge is 0.139 e. The van der Waals surface area contributed by atoms with Gasteiger partial charge in [-0.2, -0.15) is 0 Å². The molecule has 0 spiro atoms. The Morgan fingerprint density at radius 3 is 1.94 bits per heavy atom. The van der Waals surface area contributed by atoms with Crippen LogP contribution in [0.3, 0.4) is 0 Å². The third-order valence-corrected chi connectivity index (χ3v) is 5.60. The minimum Gasteiger partial charge on any atom is -0.299 e. The van der Waals surface area contributed by atoms with Crippen LogP contribution in [-0.2, 0) is 4.79 Å². The molecule has 3 rings (SSSR count). The molecule has 3 saturated carbocycles. The van der Waals surface area contributed by atoms with E-state index >= 15 is 0 Å². The lowest BCUT2D eigenvalue weighted by atomic mass is 9.49. The minimum absolute atomic E-state index is 0.118. The Kier molecular flexibility index (Phi) is 3.16. The Bertz CT molecular complexity index is 253. The van der Waals surface area contributed by atoms with Crippen molar-refractivity contribution in [3.8, 4) is 0 Å². The maximum atomic E-state index is 12.2. The highest BCUT2D eigenvalue weighted by atomic mass is 16.1. The van der Waals surface area contributed by atoms with E-state index in [4.69, 9.17) is 0 Å². The first-order valence-corrected chi connectivity index (χ1v) is 7.08. The Morgan fingerprint density at radius 2 is 1.56 bits per heavy atom. The van der Waals surface area contributed by atoms with Gasteiger partial charge >= 0.3 is 0 Å². The second kappa shape index (κ2) is 4.16. The van der Waals surface area contributed by atoms with E-state index in [1.54, 1.807) is 0 Å². The highest BCUT2D eigenvalue weighted by molar-refractivity contribution is 5.85. The quantitative estimate of drug-likeness (QED) is 0.691. The van der Waals surface area contributed by atoms with E-state index in [9.17, 15) is 4.79 Å². The topological polar surface area (TPSA) is 17.1 Å². The van der Waals surface area contributed by atoms with Gasteiger partial charge in [0.05, 0.1) is 0 Å². The van der Waals surface area contributed by atoms with Crippen LogP contribution in [0.1, 0.15) is 72.1 Å². The summed E-state index contributed by atoms with van der Waals surface area (Å²) >= 11 is 0. The van der Waals surface area contributed by atoms with Crippen molar-refractivity contribution >= 4 is 5.78 Å². The Hall–Kier alpha value is -0.330. The average Bonchev–Trinajstić information content (AvgIpc) is 2.31. The summed E-state index contributed by atoms with van der Waals surface area (Å²) in [6.07, 6.45) is 9.31. The van der Waals surface area contributed by atoms with E-state index in [0.29, 0.717) is 11.2 Å².